The van der Waals surface area contributed by atoms with E-state index in [1.807, 2.05) is 91.9 Å². The number of ether oxygens (including phenoxy) is 3. The summed E-state index contributed by atoms with van der Waals surface area (Å²) in [6, 6.07) is 25.7. The van der Waals surface area contributed by atoms with Crippen LogP contribution in [0.4, 0.5) is 0 Å². The average Bonchev–Trinajstić information content (AvgIpc) is 2.96. The van der Waals surface area contributed by atoms with Crippen molar-refractivity contribution in [2.24, 2.45) is 0 Å². The molecule has 198 valence electrons. The molecule has 1 heterocycles. The van der Waals surface area contributed by atoms with Gasteiger partial charge in [-0.3, -0.25) is 14.4 Å². The van der Waals surface area contributed by atoms with Crippen LogP contribution in [0.3, 0.4) is 0 Å². The summed E-state index contributed by atoms with van der Waals surface area (Å²) in [7, 11) is 0. The van der Waals surface area contributed by atoms with Crippen molar-refractivity contribution in [3.63, 3.8) is 0 Å². The van der Waals surface area contributed by atoms with Gasteiger partial charge in [0, 0.05) is 13.1 Å². The number of carbonyl (C=O) groups is 3. The lowest BCUT2D eigenvalue weighted by Crippen LogP contribution is -2.60. The fourth-order valence-corrected chi connectivity index (χ4v) is 4.24. The van der Waals surface area contributed by atoms with Crippen LogP contribution < -0.4 is 14.8 Å². The summed E-state index contributed by atoms with van der Waals surface area (Å²) < 4.78 is 16.8. The van der Waals surface area contributed by atoms with Crippen molar-refractivity contribution in [3.05, 3.63) is 84.9 Å². The van der Waals surface area contributed by atoms with Gasteiger partial charge in [-0.15, -0.1) is 0 Å². The van der Waals surface area contributed by atoms with E-state index in [0.717, 1.165) is 11.1 Å². The van der Waals surface area contributed by atoms with Crippen LogP contribution in [-0.2, 0) is 19.1 Å². The molecule has 3 aromatic rings. The van der Waals surface area contributed by atoms with E-state index in [2.05, 4.69) is 5.32 Å². The van der Waals surface area contributed by atoms with E-state index in [0.29, 0.717) is 24.5 Å². The average molecular weight is 517 g/mol. The van der Waals surface area contributed by atoms with Crippen molar-refractivity contribution >= 4 is 17.8 Å². The molecule has 0 spiro atoms. The molecule has 1 N–H and O–H groups in total. The Hall–Kier alpha value is -4.33. The molecule has 38 heavy (non-hydrogen) atoms. The zero-order valence-corrected chi connectivity index (χ0v) is 21.4. The molecular weight excluding hydrogens is 484 g/mol. The van der Waals surface area contributed by atoms with Gasteiger partial charge in [-0.25, -0.2) is 0 Å². The minimum absolute atomic E-state index is 0.0374. The van der Waals surface area contributed by atoms with Gasteiger partial charge in [0.25, 0.3) is 5.91 Å². The molecule has 2 amide bonds. The van der Waals surface area contributed by atoms with Crippen molar-refractivity contribution in [1.29, 1.82) is 0 Å². The Bertz CT molecular complexity index is 1200. The predicted molar refractivity (Wildman–Crippen MR) is 143 cm³/mol. The Balaban J connectivity index is 1.33. The van der Waals surface area contributed by atoms with Gasteiger partial charge in [0.1, 0.15) is 30.8 Å². The number of esters is 1. The van der Waals surface area contributed by atoms with E-state index in [4.69, 9.17) is 14.2 Å². The Kier molecular flexibility index (Phi) is 9.34. The predicted octanol–water partition coefficient (Wildman–Crippen LogP) is 3.85. The molecule has 1 aliphatic heterocycles. The van der Waals surface area contributed by atoms with E-state index in [9.17, 15) is 14.4 Å². The summed E-state index contributed by atoms with van der Waals surface area (Å²) in [5.74, 6) is -0.0659. The summed E-state index contributed by atoms with van der Waals surface area (Å²) in [5, 5.41) is 2.73. The van der Waals surface area contributed by atoms with Gasteiger partial charge in [-0.1, -0.05) is 67.6 Å². The molecule has 2 unspecified atom stereocenters. The molecule has 0 aromatic heterocycles. The molecule has 1 fully saturated rings. The molecule has 2 atom stereocenters. The fraction of sp³-hybridized carbons (Fsp3) is 0.300. The quantitative estimate of drug-likeness (QED) is 0.307. The topological polar surface area (TPSA) is 94.2 Å². The first kappa shape index (κ1) is 26.7. The number of benzene rings is 3. The van der Waals surface area contributed by atoms with Crippen LogP contribution in [0.5, 0.6) is 11.5 Å². The second kappa shape index (κ2) is 13.3. The minimum atomic E-state index is -0.961. The highest BCUT2D eigenvalue weighted by molar-refractivity contribution is 5.93. The number of nitrogens with zero attached hydrogens (tertiary/aromatic N) is 1. The fourth-order valence-electron chi connectivity index (χ4n) is 4.24. The normalized spacial score (nSPS) is 15.8. The zero-order chi connectivity index (χ0) is 26.7. The molecule has 1 saturated heterocycles. The minimum Gasteiger partial charge on any atom is -0.490 e. The molecule has 3 aromatic carbocycles. The first-order valence-electron chi connectivity index (χ1n) is 12.8. The summed E-state index contributed by atoms with van der Waals surface area (Å²) >= 11 is 0. The molecule has 0 aliphatic carbocycles. The van der Waals surface area contributed by atoms with Crippen LogP contribution in [0.2, 0.25) is 0 Å². The standard InChI is InChI=1S/C30H32N2O6/c1-2-27(38-25-15-13-23(14-16-25)22-9-5-3-6-10-22)30(35)32-18-17-31-29(34)26(32)21-28(33)37-20-19-36-24-11-7-4-8-12-24/h3-16,26-27H,2,17-21H2,1H3,(H,31,34). The lowest BCUT2D eigenvalue weighted by atomic mass is 10.1. The number of carbonyl (C=O) groups excluding carboxylic acids is 3. The van der Waals surface area contributed by atoms with Crippen molar-refractivity contribution in [1.82, 2.24) is 10.2 Å². The maximum atomic E-state index is 13.4. The van der Waals surface area contributed by atoms with Gasteiger partial charge < -0.3 is 24.4 Å². The second-order valence-electron chi connectivity index (χ2n) is 8.83. The van der Waals surface area contributed by atoms with Crippen LogP contribution in [0.25, 0.3) is 11.1 Å². The number of para-hydroxylation sites is 1. The molecular formula is C30H32N2O6. The van der Waals surface area contributed by atoms with Crippen LogP contribution in [-0.4, -0.2) is 61.1 Å². The zero-order valence-electron chi connectivity index (χ0n) is 21.4. The molecule has 8 heteroatoms. The second-order valence-corrected chi connectivity index (χ2v) is 8.83. The first-order chi connectivity index (χ1) is 18.5. The van der Waals surface area contributed by atoms with Crippen LogP contribution in [0, 0.1) is 0 Å². The molecule has 8 nitrogen and oxygen atoms in total. The summed E-state index contributed by atoms with van der Waals surface area (Å²) in [6.07, 6.45) is -0.627. The smallest absolute Gasteiger partial charge is 0.308 e. The van der Waals surface area contributed by atoms with E-state index < -0.39 is 18.1 Å². The Morgan fingerprint density at radius 2 is 1.55 bits per heavy atom. The maximum Gasteiger partial charge on any atom is 0.308 e. The Labute approximate surface area is 222 Å². The van der Waals surface area contributed by atoms with Crippen molar-refractivity contribution in [2.75, 3.05) is 26.3 Å². The summed E-state index contributed by atoms with van der Waals surface area (Å²) in [4.78, 5) is 40.0. The third kappa shape index (κ3) is 7.12. The van der Waals surface area contributed by atoms with Gasteiger partial charge in [-0.2, -0.15) is 0 Å². The monoisotopic (exact) mass is 516 g/mol. The van der Waals surface area contributed by atoms with Gasteiger partial charge in [0.05, 0.1) is 6.42 Å². The lowest BCUT2D eigenvalue weighted by molar-refractivity contribution is -0.154. The van der Waals surface area contributed by atoms with Gasteiger partial charge in [-0.05, 0) is 41.8 Å². The number of amides is 2. The highest BCUT2D eigenvalue weighted by atomic mass is 16.6. The van der Waals surface area contributed by atoms with Crippen LogP contribution in [0.1, 0.15) is 19.8 Å². The Morgan fingerprint density at radius 1 is 0.895 bits per heavy atom. The Morgan fingerprint density at radius 3 is 2.24 bits per heavy atom. The highest BCUT2D eigenvalue weighted by Crippen LogP contribution is 2.24. The van der Waals surface area contributed by atoms with E-state index >= 15 is 0 Å². The van der Waals surface area contributed by atoms with Gasteiger partial charge in [0.2, 0.25) is 5.91 Å². The summed E-state index contributed by atoms with van der Waals surface area (Å²) in [6.45, 7) is 2.66. The molecule has 0 saturated carbocycles. The van der Waals surface area contributed by atoms with E-state index in [1.54, 1.807) is 0 Å². The van der Waals surface area contributed by atoms with E-state index in [1.165, 1.54) is 4.90 Å². The number of nitrogens with one attached hydrogen (secondary N) is 1. The van der Waals surface area contributed by atoms with E-state index in [-0.39, 0.29) is 38.0 Å². The molecule has 4 rings (SSSR count). The van der Waals surface area contributed by atoms with Crippen molar-refractivity contribution < 1.29 is 28.6 Å². The first-order valence-corrected chi connectivity index (χ1v) is 12.8. The van der Waals surface area contributed by atoms with Crippen LogP contribution >= 0.6 is 0 Å². The summed E-state index contributed by atoms with van der Waals surface area (Å²) in [5.41, 5.74) is 2.13. The third-order valence-corrected chi connectivity index (χ3v) is 6.22. The van der Waals surface area contributed by atoms with Crippen molar-refractivity contribution in [3.8, 4) is 22.6 Å². The highest BCUT2D eigenvalue weighted by Gasteiger charge is 2.38. The molecule has 0 bridgehead atoms. The maximum absolute atomic E-state index is 13.4. The lowest BCUT2D eigenvalue weighted by Gasteiger charge is -2.36. The third-order valence-electron chi connectivity index (χ3n) is 6.22. The SMILES string of the molecule is CCC(Oc1ccc(-c2ccccc2)cc1)C(=O)N1CCNC(=O)C1CC(=O)OCCOc1ccccc1. The number of hydrogen-bond donors (Lipinski definition) is 1. The largest absolute Gasteiger partial charge is 0.490 e. The van der Waals surface area contributed by atoms with Crippen molar-refractivity contribution in [2.45, 2.75) is 31.9 Å². The number of hydrogen-bond acceptors (Lipinski definition) is 6. The van der Waals surface area contributed by atoms with Gasteiger partial charge >= 0.3 is 5.97 Å². The van der Waals surface area contributed by atoms with Crippen LogP contribution in [0.15, 0.2) is 84.9 Å². The van der Waals surface area contributed by atoms with Gasteiger partial charge in [0.15, 0.2) is 6.10 Å². The molecule has 1 aliphatic rings. The number of piperazine rings is 1. The number of rotatable bonds is 11. The molecule has 0 radical (unpaired) electrons.